The molecule has 0 unspecified atom stereocenters. The average Bonchev–Trinajstić information content (AvgIpc) is 2.96. The van der Waals surface area contributed by atoms with Crippen LogP contribution in [0.2, 0.25) is 0 Å². The predicted octanol–water partition coefficient (Wildman–Crippen LogP) is 2.01. The number of carbonyl (C=O) groups is 2. The third kappa shape index (κ3) is 4.95. The van der Waals surface area contributed by atoms with Crippen molar-refractivity contribution in [3.8, 4) is 0 Å². The standard InChI is InChI=1S/C18H27N3O2.ClH/c1-3-20(4-2)17(22)10-11-18(23)21-12-15(16(19)13-21)14-8-6-5-7-9-14;/h5-9,15-16H,3-4,10-13,19H2,1-2H3;1H/t15-,16+;/m0./s1. The van der Waals surface area contributed by atoms with E-state index in [1.54, 1.807) is 9.80 Å². The third-order valence-electron chi connectivity index (χ3n) is 4.61. The number of hydrogen-bond donors (Lipinski definition) is 1. The molecule has 0 aliphatic carbocycles. The molecule has 134 valence electrons. The lowest BCUT2D eigenvalue weighted by atomic mass is 9.95. The monoisotopic (exact) mass is 353 g/mol. The van der Waals surface area contributed by atoms with Gasteiger partial charge in [-0.15, -0.1) is 12.4 Å². The van der Waals surface area contributed by atoms with E-state index >= 15 is 0 Å². The van der Waals surface area contributed by atoms with E-state index in [1.165, 1.54) is 5.56 Å². The summed E-state index contributed by atoms with van der Waals surface area (Å²) in [4.78, 5) is 27.9. The summed E-state index contributed by atoms with van der Waals surface area (Å²) < 4.78 is 0. The van der Waals surface area contributed by atoms with E-state index in [2.05, 4.69) is 12.1 Å². The average molecular weight is 354 g/mol. The lowest BCUT2D eigenvalue weighted by Crippen LogP contribution is -2.34. The highest BCUT2D eigenvalue weighted by atomic mass is 35.5. The Balaban J connectivity index is 0.00000288. The number of nitrogens with zero attached hydrogens (tertiary/aromatic N) is 2. The Hall–Kier alpha value is -1.59. The molecule has 2 rings (SSSR count). The van der Waals surface area contributed by atoms with Gasteiger partial charge in [0.2, 0.25) is 11.8 Å². The third-order valence-corrected chi connectivity index (χ3v) is 4.61. The molecule has 2 N–H and O–H groups in total. The summed E-state index contributed by atoms with van der Waals surface area (Å²) in [5, 5.41) is 0. The van der Waals surface area contributed by atoms with Crippen LogP contribution >= 0.6 is 12.4 Å². The fourth-order valence-corrected chi connectivity index (χ4v) is 3.19. The van der Waals surface area contributed by atoms with Gasteiger partial charge in [-0.3, -0.25) is 9.59 Å². The van der Waals surface area contributed by atoms with Crippen LogP contribution in [0.4, 0.5) is 0 Å². The molecular formula is C18H28ClN3O2. The zero-order valence-electron chi connectivity index (χ0n) is 14.5. The van der Waals surface area contributed by atoms with Crippen molar-refractivity contribution in [3.05, 3.63) is 35.9 Å². The minimum absolute atomic E-state index is 0. The molecule has 6 heteroatoms. The topological polar surface area (TPSA) is 66.6 Å². The second kappa shape index (κ2) is 9.64. The van der Waals surface area contributed by atoms with Gasteiger partial charge in [-0.25, -0.2) is 0 Å². The smallest absolute Gasteiger partial charge is 0.223 e. The number of likely N-dealkylation sites (tertiary alicyclic amines) is 1. The SMILES string of the molecule is CCN(CC)C(=O)CCC(=O)N1C[C@@H](N)[C@H](c2ccccc2)C1.Cl. The van der Waals surface area contributed by atoms with Gasteiger partial charge < -0.3 is 15.5 Å². The van der Waals surface area contributed by atoms with Crippen LogP contribution in [0.25, 0.3) is 0 Å². The number of carbonyl (C=O) groups excluding carboxylic acids is 2. The summed E-state index contributed by atoms with van der Waals surface area (Å²) in [6.45, 7) is 6.49. The summed E-state index contributed by atoms with van der Waals surface area (Å²) in [6.07, 6.45) is 0.547. The lowest BCUT2D eigenvalue weighted by molar-refractivity contribution is -0.136. The van der Waals surface area contributed by atoms with Crippen LogP contribution < -0.4 is 5.73 Å². The van der Waals surface area contributed by atoms with Crippen LogP contribution in [0.5, 0.6) is 0 Å². The molecule has 24 heavy (non-hydrogen) atoms. The molecular weight excluding hydrogens is 326 g/mol. The Morgan fingerprint density at radius 3 is 2.33 bits per heavy atom. The van der Waals surface area contributed by atoms with Crippen molar-refractivity contribution in [3.63, 3.8) is 0 Å². The van der Waals surface area contributed by atoms with E-state index in [-0.39, 0.29) is 49.0 Å². The largest absolute Gasteiger partial charge is 0.343 e. The van der Waals surface area contributed by atoms with Gasteiger partial charge >= 0.3 is 0 Å². The zero-order valence-corrected chi connectivity index (χ0v) is 15.3. The van der Waals surface area contributed by atoms with E-state index in [9.17, 15) is 9.59 Å². The Bertz CT molecular complexity index is 534. The summed E-state index contributed by atoms with van der Waals surface area (Å²) in [7, 11) is 0. The first kappa shape index (κ1) is 20.5. The first-order chi connectivity index (χ1) is 11.1. The van der Waals surface area contributed by atoms with Crippen LogP contribution in [0.3, 0.4) is 0 Å². The van der Waals surface area contributed by atoms with Crippen molar-refractivity contribution in [2.75, 3.05) is 26.2 Å². The highest BCUT2D eigenvalue weighted by Crippen LogP contribution is 2.26. The summed E-state index contributed by atoms with van der Waals surface area (Å²) in [6, 6.07) is 10.0. The highest BCUT2D eigenvalue weighted by molar-refractivity contribution is 5.85. The molecule has 0 radical (unpaired) electrons. The summed E-state index contributed by atoms with van der Waals surface area (Å²) in [5.41, 5.74) is 7.39. The molecule has 0 aromatic heterocycles. The molecule has 1 aromatic rings. The van der Waals surface area contributed by atoms with Crippen LogP contribution in [0.1, 0.15) is 38.2 Å². The van der Waals surface area contributed by atoms with Crippen LogP contribution in [-0.2, 0) is 9.59 Å². The molecule has 1 saturated heterocycles. The van der Waals surface area contributed by atoms with Gasteiger partial charge in [-0.2, -0.15) is 0 Å². The first-order valence-corrected chi connectivity index (χ1v) is 8.42. The first-order valence-electron chi connectivity index (χ1n) is 8.42. The van der Waals surface area contributed by atoms with Crippen molar-refractivity contribution in [2.45, 2.75) is 38.6 Å². The molecule has 2 atom stereocenters. The van der Waals surface area contributed by atoms with Crippen molar-refractivity contribution < 1.29 is 9.59 Å². The molecule has 5 nitrogen and oxygen atoms in total. The molecule has 1 heterocycles. The van der Waals surface area contributed by atoms with E-state index < -0.39 is 0 Å². The molecule has 0 saturated carbocycles. The quantitative estimate of drug-likeness (QED) is 0.850. The zero-order chi connectivity index (χ0) is 16.8. The lowest BCUT2D eigenvalue weighted by Gasteiger charge is -2.20. The van der Waals surface area contributed by atoms with Gasteiger partial charge in [0.05, 0.1) is 0 Å². The number of halogens is 1. The molecule has 1 aromatic carbocycles. The number of amides is 2. The van der Waals surface area contributed by atoms with Crippen LogP contribution in [0.15, 0.2) is 30.3 Å². The minimum Gasteiger partial charge on any atom is -0.343 e. The molecule has 0 bridgehead atoms. The maximum atomic E-state index is 12.4. The van der Waals surface area contributed by atoms with Crippen molar-refractivity contribution in [2.24, 2.45) is 5.73 Å². The number of hydrogen-bond acceptors (Lipinski definition) is 3. The number of benzene rings is 1. The fraction of sp³-hybridized carbons (Fsp3) is 0.556. The fourth-order valence-electron chi connectivity index (χ4n) is 3.19. The van der Waals surface area contributed by atoms with Gasteiger partial charge in [-0.1, -0.05) is 30.3 Å². The number of rotatable bonds is 6. The Morgan fingerprint density at radius 1 is 1.12 bits per heavy atom. The van der Waals surface area contributed by atoms with Gasteiger partial charge in [0.1, 0.15) is 0 Å². The maximum absolute atomic E-state index is 12.4. The molecule has 1 aliphatic rings. The second-order valence-electron chi connectivity index (χ2n) is 6.05. The van der Waals surface area contributed by atoms with E-state index in [0.29, 0.717) is 26.2 Å². The van der Waals surface area contributed by atoms with Gasteiger partial charge in [0, 0.05) is 51.0 Å². The second-order valence-corrected chi connectivity index (χ2v) is 6.05. The molecule has 1 fully saturated rings. The number of nitrogens with two attached hydrogens (primary N) is 1. The summed E-state index contributed by atoms with van der Waals surface area (Å²) >= 11 is 0. The van der Waals surface area contributed by atoms with Gasteiger partial charge in [-0.05, 0) is 19.4 Å². The Labute approximate surface area is 150 Å². The normalized spacial score (nSPS) is 19.7. The van der Waals surface area contributed by atoms with Gasteiger partial charge in [0.15, 0.2) is 0 Å². The highest BCUT2D eigenvalue weighted by Gasteiger charge is 2.33. The van der Waals surface area contributed by atoms with E-state index in [0.717, 1.165) is 0 Å². The van der Waals surface area contributed by atoms with Crippen molar-refractivity contribution >= 4 is 24.2 Å². The van der Waals surface area contributed by atoms with Crippen LogP contribution in [0, 0.1) is 0 Å². The van der Waals surface area contributed by atoms with Crippen LogP contribution in [-0.4, -0.2) is 53.8 Å². The van der Waals surface area contributed by atoms with Crippen molar-refractivity contribution in [1.82, 2.24) is 9.80 Å². The van der Waals surface area contributed by atoms with E-state index in [1.807, 2.05) is 32.0 Å². The Morgan fingerprint density at radius 2 is 1.75 bits per heavy atom. The maximum Gasteiger partial charge on any atom is 0.223 e. The minimum atomic E-state index is -0.0418. The van der Waals surface area contributed by atoms with E-state index in [4.69, 9.17) is 5.73 Å². The molecule has 0 spiro atoms. The van der Waals surface area contributed by atoms with Gasteiger partial charge in [0.25, 0.3) is 0 Å². The summed E-state index contributed by atoms with van der Waals surface area (Å²) in [5.74, 6) is 0.254. The molecule has 1 aliphatic heterocycles. The van der Waals surface area contributed by atoms with Crippen molar-refractivity contribution in [1.29, 1.82) is 0 Å². The Kier molecular flexibility index (Phi) is 8.22. The molecule has 2 amide bonds. The predicted molar refractivity (Wildman–Crippen MR) is 98.1 cm³/mol.